The summed E-state index contributed by atoms with van der Waals surface area (Å²) < 4.78 is 23.2. The SMILES string of the molecule is CC(C)=CC(=O)O[C@@H]1c2c(ccc3ccc(=O)oc23)OC(C)(C)[C@@H]1OC(=O)CC(C)C. The Hall–Kier alpha value is -3.09. The second-order valence-electron chi connectivity index (χ2n) is 8.94. The summed E-state index contributed by atoms with van der Waals surface area (Å²) in [7, 11) is 0. The van der Waals surface area contributed by atoms with Gasteiger partial charge < -0.3 is 18.6 Å². The van der Waals surface area contributed by atoms with Crippen LogP contribution in [-0.2, 0) is 19.1 Å². The predicted molar refractivity (Wildman–Crippen MR) is 115 cm³/mol. The van der Waals surface area contributed by atoms with Crippen molar-refractivity contribution in [1.29, 1.82) is 0 Å². The quantitative estimate of drug-likeness (QED) is 0.394. The number of carbonyl (C=O) groups is 2. The molecule has 0 N–H and O–H groups in total. The smallest absolute Gasteiger partial charge is 0.336 e. The lowest BCUT2D eigenvalue weighted by Crippen LogP contribution is -2.52. The highest BCUT2D eigenvalue weighted by Crippen LogP contribution is 2.46. The van der Waals surface area contributed by atoms with Crippen molar-refractivity contribution in [3.8, 4) is 5.75 Å². The number of hydrogen-bond donors (Lipinski definition) is 0. The molecule has 31 heavy (non-hydrogen) atoms. The van der Waals surface area contributed by atoms with Crippen molar-refractivity contribution in [2.45, 2.75) is 65.8 Å². The molecular weight excluding hydrogens is 400 g/mol. The summed E-state index contributed by atoms with van der Waals surface area (Å²) in [6.07, 6.45) is -0.404. The molecule has 1 aromatic heterocycles. The van der Waals surface area contributed by atoms with E-state index in [4.69, 9.17) is 18.6 Å². The maximum atomic E-state index is 12.6. The molecule has 7 heteroatoms. The van der Waals surface area contributed by atoms with Gasteiger partial charge in [0, 0.05) is 23.9 Å². The molecule has 7 nitrogen and oxygen atoms in total. The minimum atomic E-state index is -1.02. The zero-order valence-electron chi connectivity index (χ0n) is 18.7. The van der Waals surface area contributed by atoms with Gasteiger partial charge in [0.2, 0.25) is 0 Å². The third-order valence-corrected chi connectivity index (χ3v) is 4.89. The third kappa shape index (κ3) is 4.98. The molecule has 2 aromatic rings. The number of carbonyl (C=O) groups excluding carboxylic acids is 2. The summed E-state index contributed by atoms with van der Waals surface area (Å²) in [5.74, 6) is -0.519. The minimum Gasteiger partial charge on any atom is -0.483 e. The number of esters is 2. The zero-order chi connectivity index (χ0) is 22.9. The van der Waals surface area contributed by atoms with Gasteiger partial charge in [0.05, 0.1) is 5.56 Å². The monoisotopic (exact) mass is 428 g/mol. The maximum Gasteiger partial charge on any atom is 0.336 e. The average molecular weight is 428 g/mol. The van der Waals surface area contributed by atoms with E-state index >= 15 is 0 Å². The van der Waals surface area contributed by atoms with E-state index in [0.29, 0.717) is 16.7 Å². The molecule has 2 heterocycles. The summed E-state index contributed by atoms with van der Waals surface area (Å²) >= 11 is 0. The molecule has 0 saturated carbocycles. The topological polar surface area (TPSA) is 92.0 Å². The van der Waals surface area contributed by atoms with Crippen molar-refractivity contribution in [2.24, 2.45) is 5.92 Å². The summed E-state index contributed by atoms with van der Waals surface area (Å²) in [6, 6.07) is 6.42. The van der Waals surface area contributed by atoms with E-state index in [-0.39, 0.29) is 17.9 Å². The molecule has 166 valence electrons. The molecule has 0 amide bonds. The van der Waals surface area contributed by atoms with Gasteiger partial charge in [-0.05, 0) is 51.8 Å². The van der Waals surface area contributed by atoms with Crippen LogP contribution in [0.15, 0.2) is 45.1 Å². The highest BCUT2D eigenvalue weighted by atomic mass is 16.6. The van der Waals surface area contributed by atoms with Crippen LogP contribution in [0.5, 0.6) is 5.75 Å². The second kappa shape index (κ2) is 8.57. The summed E-state index contributed by atoms with van der Waals surface area (Å²) in [5, 5.41) is 0.636. The Balaban J connectivity index is 2.17. The van der Waals surface area contributed by atoms with E-state index in [0.717, 1.165) is 5.57 Å². The van der Waals surface area contributed by atoms with Crippen LogP contribution in [-0.4, -0.2) is 23.6 Å². The van der Waals surface area contributed by atoms with Gasteiger partial charge in [-0.25, -0.2) is 9.59 Å². The molecule has 0 radical (unpaired) electrons. The summed E-state index contributed by atoms with van der Waals surface area (Å²) in [4.78, 5) is 37.1. The van der Waals surface area contributed by atoms with Gasteiger partial charge in [0.1, 0.15) is 16.9 Å². The van der Waals surface area contributed by atoms with Gasteiger partial charge in [-0.15, -0.1) is 0 Å². The molecule has 2 atom stereocenters. The molecule has 0 fully saturated rings. The highest BCUT2D eigenvalue weighted by Gasteiger charge is 2.50. The van der Waals surface area contributed by atoms with Crippen molar-refractivity contribution in [2.75, 3.05) is 0 Å². The van der Waals surface area contributed by atoms with Crippen molar-refractivity contribution in [3.05, 3.63) is 51.9 Å². The van der Waals surface area contributed by atoms with Crippen LogP contribution < -0.4 is 10.4 Å². The van der Waals surface area contributed by atoms with Crippen molar-refractivity contribution in [1.82, 2.24) is 0 Å². The number of allylic oxidation sites excluding steroid dienone is 1. The second-order valence-corrected chi connectivity index (χ2v) is 8.94. The van der Waals surface area contributed by atoms with Crippen LogP contribution in [0.1, 0.15) is 59.6 Å². The van der Waals surface area contributed by atoms with Crippen LogP contribution in [0.4, 0.5) is 0 Å². The van der Waals surface area contributed by atoms with Gasteiger partial charge in [-0.1, -0.05) is 19.4 Å². The molecule has 0 bridgehead atoms. The number of fused-ring (bicyclic) bond motifs is 3. The molecule has 3 rings (SSSR count). The Kier molecular flexibility index (Phi) is 6.25. The van der Waals surface area contributed by atoms with Crippen LogP contribution in [0.25, 0.3) is 11.0 Å². The zero-order valence-corrected chi connectivity index (χ0v) is 18.7. The molecule has 0 spiro atoms. The molecular formula is C24H28O7. The number of hydrogen-bond acceptors (Lipinski definition) is 7. The molecule has 0 saturated heterocycles. The van der Waals surface area contributed by atoms with Crippen LogP contribution >= 0.6 is 0 Å². The first-order valence-electron chi connectivity index (χ1n) is 10.3. The first-order chi connectivity index (χ1) is 14.5. The van der Waals surface area contributed by atoms with Gasteiger partial charge in [-0.2, -0.15) is 0 Å². The van der Waals surface area contributed by atoms with E-state index in [9.17, 15) is 14.4 Å². The first-order valence-corrected chi connectivity index (χ1v) is 10.3. The summed E-state index contributed by atoms with van der Waals surface area (Å²) in [6.45, 7) is 10.9. The van der Waals surface area contributed by atoms with Crippen molar-refractivity contribution in [3.63, 3.8) is 0 Å². The molecule has 0 aliphatic carbocycles. The lowest BCUT2D eigenvalue weighted by atomic mass is 9.87. The van der Waals surface area contributed by atoms with Gasteiger partial charge in [0.15, 0.2) is 12.2 Å². The Morgan fingerprint density at radius 1 is 1.13 bits per heavy atom. The maximum absolute atomic E-state index is 12.6. The Morgan fingerprint density at radius 2 is 1.81 bits per heavy atom. The van der Waals surface area contributed by atoms with Crippen molar-refractivity contribution >= 4 is 22.9 Å². The van der Waals surface area contributed by atoms with E-state index in [1.807, 2.05) is 13.8 Å². The first kappa shape index (κ1) is 22.6. The van der Waals surface area contributed by atoms with E-state index in [1.54, 1.807) is 45.9 Å². The number of rotatable bonds is 5. The fraction of sp³-hybridized carbons (Fsp3) is 0.458. The van der Waals surface area contributed by atoms with Gasteiger partial charge in [0.25, 0.3) is 0 Å². The number of benzene rings is 1. The van der Waals surface area contributed by atoms with E-state index < -0.39 is 35.4 Å². The lowest BCUT2D eigenvalue weighted by molar-refractivity contribution is -0.188. The highest BCUT2D eigenvalue weighted by molar-refractivity contribution is 5.86. The molecule has 1 aliphatic heterocycles. The van der Waals surface area contributed by atoms with E-state index in [1.165, 1.54) is 12.1 Å². The fourth-order valence-corrected chi connectivity index (χ4v) is 3.59. The standard InChI is InChI=1S/C24H28O7/c1-13(2)11-18(26)29-22-20-16(9-7-15-8-10-17(25)28-21(15)20)31-24(5,6)23(22)30-19(27)12-14(3)4/h7-11,14,22-23H,12H2,1-6H3/t22-,23-/m1/s1. The fourth-order valence-electron chi connectivity index (χ4n) is 3.59. The third-order valence-electron chi connectivity index (χ3n) is 4.89. The largest absolute Gasteiger partial charge is 0.483 e. The van der Waals surface area contributed by atoms with Crippen LogP contribution in [0, 0.1) is 5.92 Å². The van der Waals surface area contributed by atoms with Crippen LogP contribution in [0.2, 0.25) is 0 Å². The Bertz CT molecular complexity index is 1090. The number of ether oxygens (including phenoxy) is 3. The Morgan fingerprint density at radius 3 is 2.45 bits per heavy atom. The summed E-state index contributed by atoms with van der Waals surface area (Å²) in [5.41, 5.74) is -0.186. The molecule has 1 aromatic carbocycles. The normalized spacial score (nSPS) is 19.3. The lowest BCUT2D eigenvalue weighted by Gasteiger charge is -2.43. The molecule has 1 aliphatic rings. The minimum absolute atomic E-state index is 0.0953. The van der Waals surface area contributed by atoms with Crippen molar-refractivity contribution < 1.29 is 28.2 Å². The van der Waals surface area contributed by atoms with E-state index in [2.05, 4.69) is 0 Å². The predicted octanol–water partition coefficient (Wildman–Crippen LogP) is 4.47. The van der Waals surface area contributed by atoms with Gasteiger partial charge >= 0.3 is 17.6 Å². The average Bonchev–Trinajstić information content (AvgIpc) is 2.62. The Labute approximate surface area is 181 Å². The van der Waals surface area contributed by atoms with Gasteiger partial charge in [-0.3, -0.25) is 4.79 Å². The molecule has 0 unspecified atom stereocenters. The van der Waals surface area contributed by atoms with Crippen LogP contribution in [0.3, 0.4) is 0 Å².